The summed E-state index contributed by atoms with van der Waals surface area (Å²) in [6.07, 6.45) is 0. The van der Waals surface area contributed by atoms with Crippen LogP contribution >= 0.6 is 22.9 Å². The third-order valence-corrected chi connectivity index (χ3v) is 5.51. The monoisotopic (exact) mass is 438 g/mol. The number of rotatable bonds is 6. The Morgan fingerprint density at radius 3 is 2.67 bits per heavy atom. The van der Waals surface area contributed by atoms with Crippen LogP contribution < -0.4 is 10.1 Å². The van der Waals surface area contributed by atoms with Crippen LogP contribution in [-0.2, 0) is 4.79 Å². The summed E-state index contributed by atoms with van der Waals surface area (Å²) in [5.41, 5.74) is 2.37. The fourth-order valence-electron chi connectivity index (χ4n) is 2.86. The molecule has 0 aliphatic heterocycles. The lowest BCUT2D eigenvalue weighted by Crippen LogP contribution is -2.13. The summed E-state index contributed by atoms with van der Waals surface area (Å²) in [6.45, 7) is -0.510. The van der Waals surface area contributed by atoms with E-state index in [-0.39, 0.29) is 5.91 Å². The van der Waals surface area contributed by atoms with E-state index in [2.05, 4.69) is 10.3 Å². The zero-order valence-electron chi connectivity index (χ0n) is 15.5. The number of carbonyl (C=O) groups is 2. The summed E-state index contributed by atoms with van der Waals surface area (Å²) < 4.78 is 6.50. The van der Waals surface area contributed by atoms with Gasteiger partial charge in [-0.05, 0) is 42.5 Å². The van der Waals surface area contributed by atoms with E-state index < -0.39 is 12.6 Å². The van der Waals surface area contributed by atoms with Crippen molar-refractivity contribution in [1.82, 2.24) is 4.98 Å². The highest BCUT2D eigenvalue weighted by atomic mass is 35.5. The topological polar surface area (TPSA) is 88.5 Å². The van der Waals surface area contributed by atoms with Gasteiger partial charge in [0.15, 0.2) is 6.61 Å². The number of fused-ring (bicyclic) bond motifs is 1. The van der Waals surface area contributed by atoms with Gasteiger partial charge in [-0.2, -0.15) is 0 Å². The number of halogens is 1. The number of benzene rings is 3. The molecule has 3 aromatic carbocycles. The van der Waals surface area contributed by atoms with Crippen molar-refractivity contribution in [2.45, 2.75) is 0 Å². The Morgan fingerprint density at radius 2 is 1.90 bits per heavy atom. The van der Waals surface area contributed by atoms with Crippen molar-refractivity contribution < 1.29 is 19.4 Å². The van der Waals surface area contributed by atoms with E-state index in [1.54, 1.807) is 42.5 Å². The van der Waals surface area contributed by atoms with Gasteiger partial charge < -0.3 is 15.2 Å². The molecule has 6 nitrogen and oxygen atoms in total. The lowest BCUT2D eigenvalue weighted by molar-refractivity contribution is -0.139. The second-order valence-electron chi connectivity index (χ2n) is 6.34. The Morgan fingerprint density at radius 1 is 1.07 bits per heavy atom. The zero-order chi connectivity index (χ0) is 21.1. The lowest BCUT2D eigenvalue weighted by Gasteiger charge is -2.12. The van der Waals surface area contributed by atoms with Gasteiger partial charge in [-0.1, -0.05) is 29.8 Å². The van der Waals surface area contributed by atoms with Crippen molar-refractivity contribution in [2.24, 2.45) is 0 Å². The Kier molecular flexibility index (Phi) is 5.65. The van der Waals surface area contributed by atoms with Crippen molar-refractivity contribution in [3.8, 4) is 16.3 Å². The normalized spacial score (nSPS) is 10.7. The molecule has 0 atom stereocenters. The molecule has 0 aliphatic carbocycles. The van der Waals surface area contributed by atoms with Crippen LogP contribution in [-0.4, -0.2) is 28.6 Å². The SMILES string of the molecule is O=C(O)COc1cc(NC(=O)c2cccc(Cl)c2)ccc1-c1nc2ccccc2s1. The molecular weight excluding hydrogens is 424 g/mol. The molecule has 0 saturated heterocycles. The molecule has 0 bridgehead atoms. The van der Waals surface area contributed by atoms with Crippen molar-refractivity contribution in [3.63, 3.8) is 0 Å². The largest absolute Gasteiger partial charge is 0.481 e. The molecule has 30 heavy (non-hydrogen) atoms. The number of ether oxygens (including phenoxy) is 1. The summed E-state index contributed by atoms with van der Waals surface area (Å²) >= 11 is 7.43. The lowest BCUT2D eigenvalue weighted by atomic mass is 10.1. The Balaban J connectivity index is 1.67. The third-order valence-electron chi connectivity index (χ3n) is 4.20. The zero-order valence-corrected chi connectivity index (χ0v) is 17.0. The number of aliphatic carboxylic acids is 1. The maximum atomic E-state index is 12.5. The number of carboxylic acid groups (broad SMARTS) is 1. The number of carboxylic acids is 1. The van der Waals surface area contributed by atoms with E-state index in [0.29, 0.717) is 32.6 Å². The van der Waals surface area contributed by atoms with Gasteiger partial charge in [0.2, 0.25) is 0 Å². The number of thiazole rings is 1. The molecule has 4 aromatic rings. The van der Waals surface area contributed by atoms with E-state index in [4.69, 9.17) is 21.4 Å². The second-order valence-corrected chi connectivity index (χ2v) is 7.81. The first-order valence-corrected chi connectivity index (χ1v) is 10.1. The average molecular weight is 439 g/mol. The Labute approximate surface area is 180 Å². The van der Waals surface area contributed by atoms with Crippen molar-refractivity contribution >= 4 is 50.7 Å². The molecule has 4 rings (SSSR count). The number of amides is 1. The van der Waals surface area contributed by atoms with Gasteiger partial charge in [0, 0.05) is 22.3 Å². The number of aromatic nitrogens is 1. The molecule has 0 aliphatic rings. The van der Waals surface area contributed by atoms with Crippen LogP contribution in [0.25, 0.3) is 20.8 Å². The van der Waals surface area contributed by atoms with E-state index in [0.717, 1.165) is 10.2 Å². The number of hydrogen-bond donors (Lipinski definition) is 2. The fraction of sp³-hybridized carbons (Fsp3) is 0.0455. The van der Waals surface area contributed by atoms with E-state index >= 15 is 0 Å². The molecule has 1 amide bonds. The molecule has 2 N–H and O–H groups in total. The quantitative estimate of drug-likeness (QED) is 0.424. The predicted octanol–water partition coefficient (Wildman–Crippen LogP) is 5.33. The maximum absolute atomic E-state index is 12.5. The van der Waals surface area contributed by atoms with Crippen LogP contribution in [0.5, 0.6) is 5.75 Å². The number of para-hydroxylation sites is 1. The maximum Gasteiger partial charge on any atom is 0.341 e. The number of carbonyl (C=O) groups excluding carboxylic acids is 1. The minimum atomic E-state index is -1.10. The van der Waals surface area contributed by atoms with Gasteiger partial charge in [0.05, 0.1) is 15.8 Å². The van der Waals surface area contributed by atoms with Gasteiger partial charge in [-0.25, -0.2) is 9.78 Å². The highest BCUT2D eigenvalue weighted by Crippen LogP contribution is 2.37. The molecule has 1 aromatic heterocycles. The van der Waals surface area contributed by atoms with E-state index in [1.807, 2.05) is 24.3 Å². The van der Waals surface area contributed by atoms with Gasteiger partial charge in [-0.3, -0.25) is 4.79 Å². The van der Waals surface area contributed by atoms with Crippen molar-refractivity contribution in [1.29, 1.82) is 0 Å². The minimum Gasteiger partial charge on any atom is -0.481 e. The third kappa shape index (κ3) is 4.42. The van der Waals surface area contributed by atoms with Gasteiger partial charge in [-0.15, -0.1) is 11.3 Å². The van der Waals surface area contributed by atoms with Crippen LogP contribution in [0, 0.1) is 0 Å². The molecule has 150 valence electrons. The molecule has 8 heteroatoms. The Bertz CT molecular complexity index is 1220. The summed E-state index contributed by atoms with van der Waals surface area (Å²) in [5.74, 6) is -1.12. The van der Waals surface area contributed by atoms with Crippen molar-refractivity contribution in [3.05, 3.63) is 77.3 Å². The standard InChI is InChI=1S/C22H15ClN2O4S/c23-14-5-3-4-13(10-14)21(28)24-15-8-9-16(18(11-15)29-12-20(26)27)22-25-17-6-1-2-7-19(17)30-22/h1-11H,12H2,(H,24,28)(H,26,27). The first-order valence-electron chi connectivity index (χ1n) is 8.91. The fourth-order valence-corrected chi connectivity index (χ4v) is 4.04. The van der Waals surface area contributed by atoms with Crippen LogP contribution in [0.4, 0.5) is 5.69 Å². The molecule has 0 radical (unpaired) electrons. The Hall–Kier alpha value is -3.42. The molecule has 0 unspecified atom stereocenters. The minimum absolute atomic E-state index is 0.320. The average Bonchev–Trinajstić information content (AvgIpc) is 3.16. The smallest absolute Gasteiger partial charge is 0.341 e. The number of nitrogens with zero attached hydrogens (tertiary/aromatic N) is 1. The second kappa shape index (κ2) is 8.52. The molecule has 0 fully saturated rings. The first kappa shape index (κ1) is 19.9. The van der Waals surface area contributed by atoms with Gasteiger partial charge in [0.25, 0.3) is 5.91 Å². The summed E-state index contributed by atoms with van der Waals surface area (Å²) in [7, 11) is 0. The molecule has 0 saturated carbocycles. The first-order chi connectivity index (χ1) is 14.5. The van der Waals surface area contributed by atoms with E-state index in [1.165, 1.54) is 11.3 Å². The molecule has 1 heterocycles. The van der Waals surface area contributed by atoms with Crippen molar-refractivity contribution in [2.75, 3.05) is 11.9 Å². The highest BCUT2D eigenvalue weighted by molar-refractivity contribution is 7.21. The molecule has 0 spiro atoms. The van der Waals surface area contributed by atoms with E-state index in [9.17, 15) is 9.59 Å². The van der Waals surface area contributed by atoms with Crippen LogP contribution in [0.2, 0.25) is 5.02 Å². The number of anilines is 1. The summed E-state index contributed by atoms with van der Waals surface area (Å²) in [4.78, 5) is 28.1. The summed E-state index contributed by atoms with van der Waals surface area (Å²) in [5, 5.41) is 13.0. The van der Waals surface area contributed by atoms with Crippen LogP contribution in [0.3, 0.4) is 0 Å². The van der Waals surface area contributed by atoms with Gasteiger partial charge >= 0.3 is 5.97 Å². The number of nitrogens with one attached hydrogen (secondary N) is 1. The molecular formula is C22H15ClN2O4S. The number of hydrogen-bond acceptors (Lipinski definition) is 5. The summed E-state index contributed by atoms with van der Waals surface area (Å²) in [6, 6.07) is 19.4. The van der Waals surface area contributed by atoms with Crippen LogP contribution in [0.15, 0.2) is 66.7 Å². The highest BCUT2D eigenvalue weighted by Gasteiger charge is 2.15. The van der Waals surface area contributed by atoms with Crippen LogP contribution in [0.1, 0.15) is 10.4 Å². The van der Waals surface area contributed by atoms with Gasteiger partial charge in [0.1, 0.15) is 10.8 Å². The predicted molar refractivity (Wildman–Crippen MR) is 118 cm³/mol.